The van der Waals surface area contributed by atoms with Crippen LogP contribution in [0.4, 0.5) is 0 Å². The second-order valence-electron chi connectivity index (χ2n) is 5.60. The van der Waals surface area contributed by atoms with Crippen molar-refractivity contribution in [1.82, 2.24) is 9.78 Å². The average Bonchev–Trinajstić information content (AvgIpc) is 3.08. The first-order valence-corrected chi connectivity index (χ1v) is 6.74. The van der Waals surface area contributed by atoms with Crippen LogP contribution >= 0.6 is 0 Å². The molecule has 1 fully saturated rings. The van der Waals surface area contributed by atoms with E-state index in [1.165, 1.54) is 13.3 Å². The highest BCUT2D eigenvalue weighted by atomic mass is 16.6. The van der Waals surface area contributed by atoms with Crippen molar-refractivity contribution in [1.29, 1.82) is 0 Å². The molecule has 0 radical (unpaired) electrons. The summed E-state index contributed by atoms with van der Waals surface area (Å²) in [6.45, 7) is 6.72. The fourth-order valence-corrected chi connectivity index (χ4v) is 2.06. The Balaban J connectivity index is 2.11. The van der Waals surface area contributed by atoms with E-state index in [0.717, 1.165) is 12.2 Å². The molecule has 2 rings (SSSR count). The molecular weight excluding hydrogens is 260 g/mol. The lowest BCUT2D eigenvalue weighted by Gasteiger charge is -2.14. The second kappa shape index (κ2) is 5.26. The summed E-state index contributed by atoms with van der Waals surface area (Å²) >= 11 is 0. The molecule has 20 heavy (non-hydrogen) atoms. The Morgan fingerprint density at radius 3 is 2.60 bits per heavy atom. The minimum absolute atomic E-state index is 0.404. The molecule has 1 aromatic heterocycles. The molecule has 0 N–H and O–H groups in total. The normalized spacial score (nSPS) is 16.1. The molecule has 0 unspecified atom stereocenters. The maximum Gasteiger partial charge on any atom is 0.350 e. The number of ether oxygens (including phenoxy) is 2. The zero-order valence-electron chi connectivity index (χ0n) is 12.3. The molecule has 0 bridgehead atoms. The zero-order chi connectivity index (χ0) is 14.9. The Bertz CT molecular complexity index is 529. The van der Waals surface area contributed by atoms with E-state index in [-0.39, 0.29) is 0 Å². The van der Waals surface area contributed by atoms with E-state index in [0.29, 0.717) is 24.3 Å². The Morgan fingerprint density at radius 1 is 1.45 bits per heavy atom. The van der Waals surface area contributed by atoms with Crippen molar-refractivity contribution in [3.05, 3.63) is 17.5 Å². The molecule has 0 saturated heterocycles. The number of carbonyl (C=O) groups is 2. The molecule has 1 aliphatic rings. The van der Waals surface area contributed by atoms with Gasteiger partial charge in [0.05, 0.1) is 13.3 Å². The van der Waals surface area contributed by atoms with Gasteiger partial charge in [0.2, 0.25) is 5.60 Å². The third-order valence-corrected chi connectivity index (χ3v) is 3.41. The molecule has 1 heterocycles. The van der Waals surface area contributed by atoms with Gasteiger partial charge in [-0.15, -0.1) is 0 Å². The quantitative estimate of drug-likeness (QED) is 0.768. The van der Waals surface area contributed by atoms with Crippen LogP contribution in [0.15, 0.2) is 6.20 Å². The van der Waals surface area contributed by atoms with Crippen LogP contribution in [0, 0.1) is 12.8 Å². The van der Waals surface area contributed by atoms with Crippen LogP contribution in [0.25, 0.3) is 0 Å². The number of carbonyl (C=O) groups excluding carboxylic acids is 2. The summed E-state index contributed by atoms with van der Waals surface area (Å²) in [5, 5.41) is 4.19. The SMILES string of the molecule is COC(=O)C1(OC(=O)c2cnn(CC(C)C)c2C)CC1. The predicted octanol–water partition coefficient (Wildman–Crippen LogP) is 1.71. The number of esters is 2. The number of aromatic nitrogens is 2. The van der Waals surface area contributed by atoms with Crippen molar-refractivity contribution < 1.29 is 19.1 Å². The summed E-state index contributed by atoms with van der Waals surface area (Å²) in [4.78, 5) is 23.7. The van der Waals surface area contributed by atoms with E-state index in [1.807, 2.05) is 6.92 Å². The van der Waals surface area contributed by atoms with Crippen LogP contribution in [0.1, 0.15) is 42.7 Å². The van der Waals surface area contributed by atoms with Gasteiger partial charge in [0.15, 0.2) is 0 Å². The first kappa shape index (κ1) is 14.6. The summed E-state index contributed by atoms with van der Waals surface area (Å²) in [6.07, 6.45) is 2.53. The molecule has 0 amide bonds. The Morgan fingerprint density at radius 2 is 2.10 bits per heavy atom. The van der Waals surface area contributed by atoms with E-state index in [4.69, 9.17) is 4.74 Å². The first-order valence-electron chi connectivity index (χ1n) is 6.74. The number of methoxy groups -OCH3 is 1. The number of nitrogens with zero attached hydrogens (tertiary/aromatic N) is 2. The van der Waals surface area contributed by atoms with Gasteiger partial charge in [-0.3, -0.25) is 4.68 Å². The zero-order valence-corrected chi connectivity index (χ0v) is 12.3. The van der Waals surface area contributed by atoms with E-state index < -0.39 is 17.5 Å². The number of hydrogen-bond donors (Lipinski definition) is 0. The highest BCUT2D eigenvalue weighted by Gasteiger charge is 2.55. The van der Waals surface area contributed by atoms with Crippen LogP contribution in [0.2, 0.25) is 0 Å². The number of rotatable bonds is 5. The van der Waals surface area contributed by atoms with E-state index in [9.17, 15) is 9.59 Å². The molecule has 0 spiro atoms. The van der Waals surface area contributed by atoms with E-state index in [1.54, 1.807) is 4.68 Å². The van der Waals surface area contributed by atoms with Gasteiger partial charge in [-0.25, -0.2) is 9.59 Å². The van der Waals surface area contributed by atoms with Crippen molar-refractivity contribution in [2.45, 2.75) is 45.8 Å². The van der Waals surface area contributed by atoms with Gasteiger partial charge in [0, 0.05) is 25.1 Å². The third-order valence-electron chi connectivity index (χ3n) is 3.41. The summed E-state index contributed by atoms with van der Waals surface area (Å²) < 4.78 is 11.8. The standard InChI is InChI=1S/C14H20N2O4/c1-9(2)8-16-10(3)11(7-15-16)12(17)20-14(5-6-14)13(18)19-4/h7,9H,5-6,8H2,1-4H3. The summed E-state index contributed by atoms with van der Waals surface area (Å²) in [6, 6.07) is 0. The molecule has 6 nitrogen and oxygen atoms in total. The largest absolute Gasteiger partial charge is 0.466 e. The number of hydrogen-bond acceptors (Lipinski definition) is 5. The molecule has 110 valence electrons. The first-order chi connectivity index (χ1) is 9.39. The van der Waals surface area contributed by atoms with Gasteiger partial charge in [-0.2, -0.15) is 5.10 Å². The smallest absolute Gasteiger partial charge is 0.350 e. The Hall–Kier alpha value is -1.85. The summed E-state index contributed by atoms with van der Waals surface area (Å²) in [5.74, 6) is -0.569. The minimum atomic E-state index is -1.07. The third kappa shape index (κ3) is 2.69. The molecule has 0 aromatic carbocycles. The van der Waals surface area contributed by atoms with Crippen LogP contribution in [0.5, 0.6) is 0 Å². The van der Waals surface area contributed by atoms with Gasteiger partial charge in [-0.1, -0.05) is 13.8 Å². The maximum absolute atomic E-state index is 12.2. The fourth-order valence-electron chi connectivity index (χ4n) is 2.06. The van der Waals surface area contributed by atoms with Crippen molar-refractivity contribution >= 4 is 11.9 Å². The fraction of sp³-hybridized carbons (Fsp3) is 0.643. The topological polar surface area (TPSA) is 70.4 Å². The van der Waals surface area contributed by atoms with Gasteiger partial charge < -0.3 is 9.47 Å². The minimum Gasteiger partial charge on any atom is -0.466 e. The van der Waals surface area contributed by atoms with Crippen LogP contribution in [-0.2, 0) is 20.8 Å². The molecule has 1 aromatic rings. The van der Waals surface area contributed by atoms with Gasteiger partial charge in [0.1, 0.15) is 5.56 Å². The monoisotopic (exact) mass is 280 g/mol. The van der Waals surface area contributed by atoms with Gasteiger partial charge in [-0.05, 0) is 12.8 Å². The van der Waals surface area contributed by atoms with Crippen molar-refractivity contribution in [3.8, 4) is 0 Å². The summed E-state index contributed by atoms with van der Waals surface area (Å²) in [7, 11) is 1.29. The highest BCUT2D eigenvalue weighted by Crippen LogP contribution is 2.41. The molecular formula is C14H20N2O4. The maximum atomic E-state index is 12.2. The summed E-state index contributed by atoms with van der Waals surface area (Å²) in [5.41, 5.74) is 0.0866. The average molecular weight is 280 g/mol. The highest BCUT2D eigenvalue weighted by molar-refractivity contribution is 5.94. The van der Waals surface area contributed by atoms with E-state index in [2.05, 4.69) is 23.7 Å². The van der Waals surface area contributed by atoms with Crippen molar-refractivity contribution in [2.24, 2.45) is 5.92 Å². The Labute approximate surface area is 118 Å². The predicted molar refractivity (Wildman–Crippen MR) is 71.2 cm³/mol. The van der Waals surface area contributed by atoms with Crippen LogP contribution < -0.4 is 0 Å². The lowest BCUT2D eigenvalue weighted by molar-refractivity contribution is -0.153. The molecule has 0 aliphatic heterocycles. The van der Waals surface area contributed by atoms with Crippen molar-refractivity contribution in [3.63, 3.8) is 0 Å². The second-order valence-corrected chi connectivity index (χ2v) is 5.60. The van der Waals surface area contributed by atoms with E-state index >= 15 is 0 Å². The molecule has 6 heteroatoms. The van der Waals surface area contributed by atoms with Crippen molar-refractivity contribution in [2.75, 3.05) is 7.11 Å². The van der Waals surface area contributed by atoms with Gasteiger partial charge in [0.25, 0.3) is 0 Å². The lowest BCUT2D eigenvalue weighted by Crippen LogP contribution is -2.30. The van der Waals surface area contributed by atoms with Crippen LogP contribution in [-0.4, -0.2) is 34.4 Å². The van der Waals surface area contributed by atoms with Gasteiger partial charge >= 0.3 is 11.9 Å². The Kier molecular flexibility index (Phi) is 3.83. The lowest BCUT2D eigenvalue weighted by atomic mass is 10.2. The van der Waals surface area contributed by atoms with Crippen LogP contribution in [0.3, 0.4) is 0 Å². The molecule has 1 saturated carbocycles. The molecule has 0 atom stereocenters. The molecule has 1 aliphatic carbocycles.